The van der Waals surface area contributed by atoms with Crippen LogP contribution in [0.15, 0.2) is 49.1 Å². The van der Waals surface area contributed by atoms with Crippen molar-refractivity contribution in [2.45, 2.75) is 31.8 Å². The summed E-state index contributed by atoms with van der Waals surface area (Å²) in [5.41, 5.74) is 2.25. The third-order valence-corrected chi connectivity index (χ3v) is 4.20. The average Bonchev–Trinajstić information content (AvgIpc) is 2.58. The summed E-state index contributed by atoms with van der Waals surface area (Å²) in [4.78, 5) is 22.6. The quantitative estimate of drug-likeness (QED) is 0.915. The number of carbonyl (C=O) groups is 1. The standard InChI is InChI=1S/C18H22N4O/c23-18(12-16-2-1-7-20-13-16)21-17-5-10-22(11-6-17)14-15-3-8-19-9-4-15/h1-4,7-9,13,17H,5-6,10-12,14H2,(H,21,23). The van der Waals surface area contributed by atoms with Crippen molar-refractivity contribution in [1.29, 1.82) is 0 Å². The summed E-state index contributed by atoms with van der Waals surface area (Å²) < 4.78 is 0. The molecule has 0 unspecified atom stereocenters. The van der Waals surface area contributed by atoms with Crippen LogP contribution >= 0.6 is 0 Å². The lowest BCUT2D eigenvalue weighted by Gasteiger charge is -2.32. The molecule has 0 saturated carbocycles. The molecule has 5 nitrogen and oxygen atoms in total. The van der Waals surface area contributed by atoms with Gasteiger partial charge in [0.2, 0.25) is 5.91 Å². The molecule has 0 radical (unpaired) electrons. The molecule has 5 heteroatoms. The summed E-state index contributed by atoms with van der Waals surface area (Å²) in [6.07, 6.45) is 9.55. The molecule has 1 saturated heterocycles. The Labute approximate surface area is 136 Å². The highest BCUT2D eigenvalue weighted by Crippen LogP contribution is 2.13. The fraction of sp³-hybridized carbons (Fsp3) is 0.389. The highest BCUT2D eigenvalue weighted by Gasteiger charge is 2.20. The van der Waals surface area contributed by atoms with E-state index < -0.39 is 0 Å². The van der Waals surface area contributed by atoms with Crippen molar-refractivity contribution < 1.29 is 4.79 Å². The van der Waals surface area contributed by atoms with E-state index in [1.807, 2.05) is 24.5 Å². The van der Waals surface area contributed by atoms with Crippen LogP contribution in [0.25, 0.3) is 0 Å². The molecule has 3 rings (SSSR count). The molecule has 2 aromatic heterocycles. The molecule has 1 fully saturated rings. The third-order valence-electron chi connectivity index (χ3n) is 4.20. The normalized spacial score (nSPS) is 16.2. The zero-order chi connectivity index (χ0) is 15.9. The molecular formula is C18H22N4O. The second kappa shape index (κ2) is 7.83. The average molecular weight is 310 g/mol. The number of hydrogen-bond acceptors (Lipinski definition) is 4. The van der Waals surface area contributed by atoms with E-state index in [9.17, 15) is 4.79 Å². The van der Waals surface area contributed by atoms with Gasteiger partial charge in [0.25, 0.3) is 0 Å². The molecule has 1 aliphatic rings. The van der Waals surface area contributed by atoms with Crippen LogP contribution in [0, 0.1) is 0 Å². The number of piperidine rings is 1. The summed E-state index contributed by atoms with van der Waals surface area (Å²) in [6, 6.07) is 8.20. The number of carbonyl (C=O) groups excluding carboxylic acids is 1. The summed E-state index contributed by atoms with van der Waals surface area (Å²) in [5, 5.41) is 3.15. The number of nitrogens with one attached hydrogen (secondary N) is 1. The van der Waals surface area contributed by atoms with Gasteiger partial charge in [0.1, 0.15) is 0 Å². The van der Waals surface area contributed by atoms with Crippen LogP contribution in [0.4, 0.5) is 0 Å². The monoisotopic (exact) mass is 310 g/mol. The van der Waals surface area contributed by atoms with Gasteiger partial charge < -0.3 is 5.32 Å². The van der Waals surface area contributed by atoms with Crippen molar-refractivity contribution in [3.63, 3.8) is 0 Å². The van der Waals surface area contributed by atoms with Crippen LogP contribution in [0.2, 0.25) is 0 Å². The smallest absolute Gasteiger partial charge is 0.224 e. The predicted molar refractivity (Wildman–Crippen MR) is 88.6 cm³/mol. The molecule has 120 valence electrons. The van der Waals surface area contributed by atoms with E-state index in [2.05, 4.69) is 32.3 Å². The molecule has 1 N–H and O–H groups in total. The molecular weight excluding hydrogens is 288 g/mol. The molecule has 3 heterocycles. The molecule has 23 heavy (non-hydrogen) atoms. The lowest BCUT2D eigenvalue weighted by atomic mass is 10.0. The molecule has 1 aliphatic heterocycles. The highest BCUT2D eigenvalue weighted by molar-refractivity contribution is 5.78. The van der Waals surface area contributed by atoms with Crippen LogP contribution in [-0.4, -0.2) is 39.9 Å². The van der Waals surface area contributed by atoms with Gasteiger partial charge in [-0.3, -0.25) is 19.7 Å². The van der Waals surface area contributed by atoms with E-state index in [1.54, 1.807) is 12.4 Å². The zero-order valence-electron chi connectivity index (χ0n) is 13.2. The van der Waals surface area contributed by atoms with Gasteiger partial charge in [-0.15, -0.1) is 0 Å². The fourth-order valence-electron chi connectivity index (χ4n) is 2.95. The number of aromatic nitrogens is 2. The maximum atomic E-state index is 12.1. The SMILES string of the molecule is O=C(Cc1cccnc1)NC1CCN(Cc2ccncc2)CC1. The predicted octanol–water partition coefficient (Wildman–Crippen LogP) is 1.80. The zero-order valence-corrected chi connectivity index (χ0v) is 13.2. The van der Waals surface area contributed by atoms with E-state index in [1.165, 1.54) is 5.56 Å². The number of rotatable bonds is 5. The molecule has 2 aromatic rings. The number of nitrogens with zero attached hydrogens (tertiary/aromatic N) is 3. The van der Waals surface area contributed by atoms with Gasteiger partial charge in [-0.25, -0.2) is 0 Å². The van der Waals surface area contributed by atoms with Crippen molar-refractivity contribution in [2.75, 3.05) is 13.1 Å². The molecule has 0 aliphatic carbocycles. The minimum Gasteiger partial charge on any atom is -0.353 e. The lowest BCUT2D eigenvalue weighted by molar-refractivity contribution is -0.121. The van der Waals surface area contributed by atoms with Crippen LogP contribution in [-0.2, 0) is 17.8 Å². The number of hydrogen-bond donors (Lipinski definition) is 1. The Morgan fingerprint density at radius 1 is 1.09 bits per heavy atom. The van der Waals surface area contributed by atoms with Crippen LogP contribution < -0.4 is 5.32 Å². The van der Waals surface area contributed by atoms with Gasteiger partial charge in [0.15, 0.2) is 0 Å². The summed E-state index contributed by atoms with van der Waals surface area (Å²) in [7, 11) is 0. The van der Waals surface area contributed by atoms with Gasteiger partial charge in [0, 0.05) is 50.5 Å². The summed E-state index contributed by atoms with van der Waals surface area (Å²) in [5.74, 6) is 0.0885. The largest absolute Gasteiger partial charge is 0.353 e. The maximum Gasteiger partial charge on any atom is 0.224 e. The molecule has 0 spiro atoms. The topological polar surface area (TPSA) is 58.1 Å². The van der Waals surface area contributed by atoms with E-state index in [0.29, 0.717) is 6.42 Å². The minimum absolute atomic E-state index is 0.0885. The second-order valence-corrected chi connectivity index (χ2v) is 6.01. The van der Waals surface area contributed by atoms with Gasteiger partial charge in [0.05, 0.1) is 6.42 Å². The number of pyridine rings is 2. The fourth-order valence-corrected chi connectivity index (χ4v) is 2.95. The Bertz CT molecular complexity index is 609. The first-order valence-corrected chi connectivity index (χ1v) is 8.09. The van der Waals surface area contributed by atoms with Crippen LogP contribution in [0.1, 0.15) is 24.0 Å². The highest BCUT2D eigenvalue weighted by atomic mass is 16.1. The minimum atomic E-state index is 0.0885. The Kier molecular flexibility index (Phi) is 5.32. The Balaban J connectivity index is 1.41. The van der Waals surface area contributed by atoms with Gasteiger partial charge >= 0.3 is 0 Å². The molecule has 0 aromatic carbocycles. The van der Waals surface area contributed by atoms with Crippen molar-refractivity contribution in [1.82, 2.24) is 20.2 Å². The van der Waals surface area contributed by atoms with E-state index in [-0.39, 0.29) is 11.9 Å². The molecule has 0 bridgehead atoms. The Hall–Kier alpha value is -2.27. The van der Waals surface area contributed by atoms with Crippen molar-refractivity contribution >= 4 is 5.91 Å². The van der Waals surface area contributed by atoms with Gasteiger partial charge in [-0.2, -0.15) is 0 Å². The summed E-state index contributed by atoms with van der Waals surface area (Å²) in [6.45, 7) is 2.99. The van der Waals surface area contributed by atoms with E-state index >= 15 is 0 Å². The first kappa shape index (κ1) is 15.6. The van der Waals surface area contributed by atoms with Crippen LogP contribution in [0.5, 0.6) is 0 Å². The Morgan fingerprint density at radius 3 is 2.57 bits per heavy atom. The van der Waals surface area contributed by atoms with E-state index in [0.717, 1.165) is 38.0 Å². The van der Waals surface area contributed by atoms with E-state index in [4.69, 9.17) is 0 Å². The third kappa shape index (κ3) is 4.86. The van der Waals surface area contributed by atoms with Gasteiger partial charge in [-0.1, -0.05) is 6.07 Å². The van der Waals surface area contributed by atoms with Crippen molar-refractivity contribution in [2.24, 2.45) is 0 Å². The maximum absolute atomic E-state index is 12.1. The number of likely N-dealkylation sites (tertiary alicyclic amines) is 1. The van der Waals surface area contributed by atoms with Gasteiger partial charge in [-0.05, 0) is 42.2 Å². The number of amides is 1. The second-order valence-electron chi connectivity index (χ2n) is 6.01. The van der Waals surface area contributed by atoms with Crippen molar-refractivity contribution in [3.8, 4) is 0 Å². The molecule has 0 atom stereocenters. The first-order valence-electron chi connectivity index (χ1n) is 8.09. The molecule has 1 amide bonds. The van der Waals surface area contributed by atoms with Crippen LogP contribution in [0.3, 0.4) is 0 Å². The summed E-state index contributed by atoms with van der Waals surface area (Å²) >= 11 is 0. The Morgan fingerprint density at radius 2 is 1.87 bits per heavy atom. The van der Waals surface area contributed by atoms with Crippen molar-refractivity contribution in [3.05, 3.63) is 60.2 Å². The first-order chi connectivity index (χ1) is 11.3. The lowest BCUT2D eigenvalue weighted by Crippen LogP contribution is -2.44.